The lowest BCUT2D eigenvalue weighted by Crippen LogP contribution is -2.10. The topological polar surface area (TPSA) is 91.4 Å². The van der Waals surface area contributed by atoms with Crippen molar-refractivity contribution in [2.45, 2.75) is 0 Å². The van der Waals surface area contributed by atoms with Gasteiger partial charge in [0.15, 0.2) is 22.9 Å². The van der Waals surface area contributed by atoms with Gasteiger partial charge in [0.2, 0.25) is 12.7 Å². The molecule has 4 heterocycles. The minimum atomic E-state index is -0.375. The summed E-state index contributed by atoms with van der Waals surface area (Å²) < 4.78 is 17.8. The smallest absolute Gasteiger partial charge is 0.291 e. The van der Waals surface area contributed by atoms with Crippen LogP contribution in [-0.4, -0.2) is 27.5 Å². The Labute approximate surface area is 147 Å². The van der Waals surface area contributed by atoms with Crippen LogP contribution in [0.5, 0.6) is 11.5 Å². The Hall–Kier alpha value is -3.81. The third-order valence-corrected chi connectivity index (χ3v) is 3.98. The Kier molecular flexibility index (Phi) is 3.14. The zero-order valence-corrected chi connectivity index (χ0v) is 13.4. The number of fused-ring (bicyclic) bond motifs is 2. The lowest BCUT2D eigenvalue weighted by Gasteiger charge is -2.04. The molecule has 0 saturated carbocycles. The van der Waals surface area contributed by atoms with Crippen LogP contribution in [-0.2, 0) is 0 Å². The highest BCUT2D eigenvalue weighted by Crippen LogP contribution is 2.34. The highest BCUT2D eigenvalue weighted by molar-refractivity contribution is 6.02. The molecule has 1 N–H and O–H groups in total. The van der Waals surface area contributed by atoms with Crippen LogP contribution >= 0.6 is 0 Å². The molecular formula is C18H12N4O4. The third kappa shape index (κ3) is 2.35. The van der Waals surface area contributed by atoms with Crippen LogP contribution in [0.25, 0.3) is 16.9 Å². The van der Waals surface area contributed by atoms with Gasteiger partial charge >= 0.3 is 0 Å². The largest absolute Gasteiger partial charge is 0.454 e. The molecular weight excluding hydrogens is 336 g/mol. The van der Waals surface area contributed by atoms with Crippen molar-refractivity contribution in [2.75, 3.05) is 12.1 Å². The summed E-state index contributed by atoms with van der Waals surface area (Å²) in [7, 11) is 0. The van der Waals surface area contributed by atoms with E-state index in [1.165, 1.54) is 0 Å². The number of anilines is 1. The molecule has 4 aromatic rings. The molecule has 8 heteroatoms. The van der Waals surface area contributed by atoms with Gasteiger partial charge in [-0.15, -0.1) is 0 Å². The van der Waals surface area contributed by atoms with Crippen molar-refractivity contribution in [3.8, 4) is 17.4 Å². The summed E-state index contributed by atoms with van der Waals surface area (Å²) >= 11 is 0. The molecule has 0 atom stereocenters. The number of carbonyl (C=O) groups excluding carboxylic acids is 1. The van der Waals surface area contributed by atoms with Gasteiger partial charge in [-0.25, -0.2) is 4.98 Å². The molecule has 3 aromatic heterocycles. The first-order valence-corrected chi connectivity index (χ1v) is 7.88. The average Bonchev–Trinajstić information content (AvgIpc) is 3.39. The molecule has 0 unspecified atom stereocenters. The van der Waals surface area contributed by atoms with Crippen molar-refractivity contribution in [3.63, 3.8) is 0 Å². The van der Waals surface area contributed by atoms with Gasteiger partial charge in [-0.1, -0.05) is 0 Å². The second kappa shape index (κ2) is 5.62. The number of aromatic nitrogens is 3. The maximum absolute atomic E-state index is 12.4. The summed E-state index contributed by atoms with van der Waals surface area (Å²) in [5.74, 6) is 1.45. The lowest BCUT2D eigenvalue weighted by atomic mass is 10.2. The van der Waals surface area contributed by atoms with E-state index in [2.05, 4.69) is 15.4 Å². The van der Waals surface area contributed by atoms with E-state index in [-0.39, 0.29) is 18.5 Å². The number of hydrogen-bond donors (Lipinski definition) is 1. The minimum Gasteiger partial charge on any atom is -0.454 e. The summed E-state index contributed by atoms with van der Waals surface area (Å²) in [6, 6.07) is 12.2. The summed E-state index contributed by atoms with van der Waals surface area (Å²) in [4.78, 5) is 16.7. The standard InChI is InChI=1S/C18H12N4O4/c23-18(21-12-3-4-13-15(8-12)25-10-24-13)14-5-6-16(26-14)22-17-11(9-20-22)2-1-7-19-17/h1-9H,10H2,(H,21,23). The highest BCUT2D eigenvalue weighted by atomic mass is 16.7. The second-order valence-electron chi connectivity index (χ2n) is 5.63. The molecule has 0 saturated heterocycles. The lowest BCUT2D eigenvalue weighted by molar-refractivity contribution is 0.0996. The van der Waals surface area contributed by atoms with Crippen LogP contribution in [0.2, 0.25) is 0 Å². The van der Waals surface area contributed by atoms with Gasteiger partial charge in [-0.3, -0.25) is 4.79 Å². The van der Waals surface area contributed by atoms with Crippen LogP contribution in [0.3, 0.4) is 0 Å². The van der Waals surface area contributed by atoms with Crippen LogP contribution in [0.4, 0.5) is 5.69 Å². The first-order chi connectivity index (χ1) is 12.8. The zero-order chi connectivity index (χ0) is 17.5. The number of furan rings is 1. The zero-order valence-electron chi connectivity index (χ0n) is 13.4. The molecule has 0 aliphatic carbocycles. The molecule has 0 radical (unpaired) electrons. The molecule has 0 bridgehead atoms. The molecule has 1 aromatic carbocycles. The van der Waals surface area contributed by atoms with Gasteiger partial charge in [0.1, 0.15) is 0 Å². The van der Waals surface area contributed by atoms with Crippen molar-refractivity contribution in [1.82, 2.24) is 14.8 Å². The Bertz CT molecular complexity index is 1130. The van der Waals surface area contributed by atoms with E-state index >= 15 is 0 Å². The SMILES string of the molecule is O=C(Nc1ccc2c(c1)OCO2)c1ccc(-n2ncc3cccnc32)o1. The van der Waals surface area contributed by atoms with Gasteiger partial charge < -0.3 is 19.2 Å². The van der Waals surface area contributed by atoms with E-state index in [0.717, 1.165) is 5.39 Å². The number of ether oxygens (including phenoxy) is 2. The average molecular weight is 348 g/mol. The first-order valence-electron chi connectivity index (χ1n) is 7.88. The predicted molar refractivity (Wildman–Crippen MR) is 91.6 cm³/mol. The van der Waals surface area contributed by atoms with E-state index in [4.69, 9.17) is 13.9 Å². The molecule has 8 nitrogen and oxygen atoms in total. The van der Waals surface area contributed by atoms with Crippen molar-refractivity contribution < 1.29 is 18.7 Å². The molecule has 128 valence electrons. The predicted octanol–water partition coefficient (Wildman–Crippen LogP) is 2.99. The highest BCUT2D eigenvalue weighted by Gasteiger charge is 2.17. The molecule has 1 aliphatic heterocycles. The van der Waals surface area contributed by atoms with Crippen LogP contribution in [0.1, 0.15) is 10.6 Å². The van der Waals surface area contributed by atoms with Gasteiger partial charge in [0.05, 0.1) is 6.20 Å². The molecule has 26 heavy (non-hydrogen) atoms. The molecule has 0 fully saturated rings. The fourth-order valence-electron chi connectivity index (χ4n) is 2.75. The molecule has 5 rings (SSSR count). The number of pyridine rings is 1. The van der Waals surface area contributed by atoms with E-state index in [1.54, 1.807) is 47.4 Å². The Morgan fingerprint density at radius 2 is 2.04 bits per heavy atom. The Morgan fingerprint density at radius 1 is 1.12 bits per heavy atom. The quantitative estimate of drug-likeness (QED) is 0.612. The number of nitrogens with one attached hydrogen (secondary N) is 1. The van der Waals surface area contributed by atoms with E-state index in [1.807, 2.05) is 12.1 Å². The number of nitrogens with zero attached hydrogens (tertiary/aromatic N) is 3. The van der Waals surface area contributed by atoms with Crippen molar-refractivity contribution in [3.05, 3.63) is 60.6 Å². The third-order valence-electron chi connectivity index (χ3n) is 3.98. The second-order valence-corrected chi connectivity index (χ2v) is 5.63. The number of hydrogen-bond acceptors (Lipinski definition) is 6. The normalized spacial score (nSPS) is 12.5. The van der Waals surface area contributed by atoms with E-state index < -0.39 is 0 Å². The van der Waals surface area contributed by atoms with Crippen molar-refractivity contribution >= 4 is 22.6 Å². The summed E-state index contributed by atoms with van der Waals surface area (Å²) in [5.41, 5.74) is 1.24. The van der Waals surface area contributed by atoms with Gasteiger partial charge in [-0.05, 0) is 30.3 Å². The van der Waals surface area contributed by atoms with Crippen LogP contribution in [0, 0.1) is 0 Å². The Balaban J connectivity index is 1.40. The number of carbonyl (C=O) groups is 1. The number of benzene rings is 1. The molecule has 1 aliphatic rings. The summed E-state index contributed by atoms with van der Waals surface area (Å²) in [5, 5.41) is 7.91. The maximum Gasteiger partial charge on any atom is 0.291 e. The van der Waals surface area contributed by atoms with E-state index in [0.29, 0.717) is 28.7 Å². The van der Waals surface area contributed by atoms with Crippen molar-refractivity contribution in [1.29, 1.82) is 0 Å². The summed E-state index contributed by atoms with van der Waals surface area (Å²) in [6.45, 7) is 0.181. The summed E-state index contributed by atoms with van der Waals surface area (Å²) in [6.07, 6.45) is 3.37. The number of rotatable bonds is 3. The molecule has 0 spiro atoms. The number of amides is 1. The fraction of sp³-hybridized carbons (Fsp3) is 0.0556. The van der Waals surface area contributed by atoms with E-state index in [9.17, 15) is 4.79 Å². The monoisotopic (exact) mass is 348 g/mol. The van der Waals surface area contributed by atoms with Gasteiger partial charge in [0.25, 0.3) is 5.91 Å². The fourth-order valence-corrected chi connectivity index (χ4v) is 2.75. The Morgan fingerprint density at radius 3 is 3.00 bits per heavy atom. The van der Waals surface area contributed by atoms with Crippen LogP contribution in [0.15, 0.2) is 59.3 Å². The van der Waals surface area contributed by atoms with Crippen LogP contribution < -0.4 is 14.8 Å². The maximum atomic E-state index is 12.4. The molecule has 1 amide bonds. The first kappa shape index (κ1) is 14.5. The van der Waals surface area contributed by atoms with Crippen molar-refractivity contribution in [2.24, 2.45) is 0 Å². The van der Waals surface area contributed by atoms with Gasteiger partial charge in [-0.2, -0.15) is 9.78 Å². The van der Waals surface area contributed by atoms with Gasteiger partial charge in [0, 0.05) is 29.4 Å². The minimum absolute atomic E-state index is 0.164.